The highest BCUT2D eigenvalue weighted by Crippen LogP contribution is 2.23. The Morgan fingerprint density at radius 3 is 2.48 bits per heavy atom. The molecule has 1 aromatic carbocycles. The van der Waals surface area contributed by atoms with Gasteiger partial charge in [-0.1, -0.05) is 61.9 Å². The first-order valence-electron chi connectivity index (χ1n) is 8.41. The first-order chi connectivity index (χ1) is 11.9. The van der Waals surface area contributed by atoms with Crippen molar-refractivity contribution < 1.29 is 4.39 Å². The van der Waals surface area contributed by atoms with E-state index in [1.165, 1.54) is 23.3 Å². The highest BCUT2D eigenvalue weighted by Gasteiger charge is 2.08. The summed E-state index contributed by atoms with van der Waals surface area (Å²) < 4.78 is 13.4. The second-order valence-electron chi connectivity index (χ2n) is 5.46. The fourth-order valence-corrected chi connectivity index (χ4v) is 2.47. The molecule has 0 saturated carbocycles. The van der Waals surface area contributed by atoms with Crippen molar-refractivity contribution in [1.29, 1.82) is 5.26 Å². The summed E-state index contributed by atoms with van der Waals surface area (Å²) in [5.74, 6) is -0.373. The molecule has 0 bridgehead atoms. The van der Waals surface area contributed by atoms with Gasteiger partial charge in [0.05, 0.1) is 11.6 Å². The van der Waals surface area contributed by atoms with Crippen LogP contribution < -0.4 is 0 Å². The van der Waals surface area contributed by atoms with E-state index in [1.54, 1.807) is 0 Å². The normalized spacial score (nSPS) is 11.7. The first kappa shape index (κ1) is 22.9. The molecule has 0 atom stereocenters. The molecule has 0 aliphatic rings. The first-order valence-corrected chi connectivity index (χ1v) is 8.79. The Morgan fingerprint density at radius 1 is 1.36 bits per heavy atom. The van der Waals surface area contributed by atoms with Crippen LogP contribution >= 0.6 is 11.6 Å². The molecule has 0 fully saturated rings. The molecule has 0 aromatic heterocycles. The molecule has 25 heavy (non-hydrogen) atoms. The van der Waals surface area contributed by atoms with Crippen molar-refractivity contribution in [2.24, 2.45) is 0 Å². The molecular weight excluding hydrogens is 333 g/mol. The van der Waals surface area contributed by atoms with Crippen LogP contribution in [0.25, 0.3) is 0 Å². The minimum atomic E-state index is -0.373. The van der Waals surface area contributed by atoms with E-state index < -0.39 is 0 Å². The summed E-state index contributed by atoms with van der Waals surface area (Å²) in [6, 6.07) is 4.61. The molecule has 0 N–H and O–H groups in total. The lowest BCUT2D eigenvalue weighted by Crippen LogP contribution is -1.93. The highest BCUT2D eigenvalue weighted by molar-refractivity contribution is 6.31. The molecule has 0 aliphatic heterocycles. The van der Waals surface area contributed by atoms with Crippen molar-refractivity contribution in [3.05, 3.63) is 82.2 Å². The lowest BCUT2D eigenvalue weighted by Gasteiger charge is -2.05. The SMILES string of the molecule is C=C\C=C(C)/C(/C=C\C)=C\C.CCCCc1c(F)cc(C#N)cc1Cl. The summed E-state index contributed by atoms with van der Waals surface area (Å²) >= 11 is 5.86. The number of hydrogen-bond donors (Lipinski definition) is 0. The summed E-state index contributed by atoms with van der Waals surface area (Å²) in [5.41, 5.74) is 3.30. The van der Waals surface area contributed by atoms with Gasteiger partial charge in [-0.05, 0) is 56.9 Å². The van der Waals surface area contributed by atoms with Crippen molar-refractivity contribution in [2.45, 2.75) is 47.0 Å². The molecule has 1 rings (SSSR count). The van der Waals surface area contributed by atoms with Gasteiger partial charge in [0.15, 0.2) is 0 Å². The van der Waals surface area contributed by atoms with E-state index in [4.69, 9.17) is 16.9 Å². The van der Waals surface area contributed by atoms with Gasteiger partial charge in [0.1, 0.15) is 5.82 Å². The van der Waals surface area contributed by atoms with E-state index in [0.717, 1.165) is 12.8 Å². The summed E-state index contributed by atoms with van der Waals surface area (Å²) in [5, 5.41) is 8.93. The minimum Gasteiger partial charge on any atom is -0.207 e. The number of rotatable bonds is 6. The summed E-state index contributed by atoms with van der Waals surface area (Å²) in [6.07, 6.45) is 12.6. The Labute approximate surface area is 156 Å². The minimum absolute atomic E-state index is 0.271. The van der Waals surface area contributed by atoms with Gasteiger partial charge >= 0.3 is 0 Å². The Kier molecular flexibility index (Phi) is 12.1. The molecule has 134 valence electrons. The van der Waals surface area contributed by atoms with Crippen molar-refractivity contribution in [1.82, 2.24) is 0 Å². The van der Waals surface area contributed by atoms with Crippen molar-refractivity contribution >= 4 is 11.6 Å². The maximum Gasteiger partial charge on any atom is 0.129 e. The van der Waals surface area contributed by atoms with Crippen LogP contribution in [0.3, 0.4) is 0 Å². The van der Waals surface area contributed by atoms with Gasteiger partial charge in [0, 0.05) is 10.6 Å². The standard InChI is InChI=1S/C11H11ClFN.C11H16/c1-2-3-4-9-10(12)5-8(7-14)6-11(9)13;1-5-8-10(4)11(7-3)9-6-2/h5-6H,2-4H2,1H3;5-9H,1H2,2-4H3/b;9-6-,10-8-,11-7-. The third kappa shape index (κ3) is 8.52. The number of unbranched alkanes of at least 4 members (excludes halogenated alkanes) is 1. The Bertz CT molecular complexity index is 667. The molecule has 0 radical (unpaired) electrons. The maximum absolute atomic E-state index is 13.4. The summed E-state index contributed by atoms with van der Waals surface area (Å²) in [4.78, 5) is 0. The van der Waals surface area contributed by atoms with Crippen molar-refractivity contribution in [3.63, 3.8) is 0 Å². The third-order valence-corrected chi connectivity index (χ3v) is 3.87. The van der Waals surface area contributed by atoms with Crippen LogP contribution in [0, 0.1) is 17.1 Å². The monoisotopic (exact) mass is 359 g/mol. The quantitative estimate of drug-likeness (QED) is 0.487. The van der Waals surface area contributed by atoms with E-state index in [1.807, 2.05) is 45.1 Å². The van der Waals surface area contributed by atoms with Crippen molar-refractivity contribution in [2.75, 3.05) is 0 Å². The second-order valence-corrected chi connectivity index (χ2v) is 5.87. The summed E-state index contributed by atoms with van der Waals surface area (Å²) in [6.45, 7) is 11.8. The topological polar surface area (TPSA) is 23.8 Å². The number of hydrogen-bond acceptors (Lipinski definition) is 1. The van der Waals surface area contributed by atoms with E-state index in [9.17, 15) is 4.39 Å². The second kappa shape index (κ2) is 13.2. The molecular formula is C22H27ClFN. The molecule has 0 spiro atoms. The Balaban J connectivity index is 0.000000477. The molecule has 0 heterocycles. The Hall–Kier alpha value is -2.11. The number of nitrogens with zero attached hydrogens (tertiary/aromatic N) is 1. The number of allylic oxidation sites excluding steroid dienone is 7. The fraction of sp³-hybridized carbons (Fsp3) is 0.318. The number of halogens is 2. The number of nitriles is 1. The van der Waals surface area contributed by atoms with Gasteiger partial charge in [0.25, 0.3) is 0 Å². The van der Waals surface area contributed by atoms with Gasteiger partial charge < -0.3 is 0 Å². The van der Waals surface area contributed by atoms with E-state index >= 15 is 0 Å². The molecule has 0 unspecified atom stereocenters. The average molecular weight is 360 g/mol. The van der Waals surface area contributed by atoms with Gasteiger partial charge in [-0.2, -0.15) is 5.26 Å². The van der Waals surface area contributed by atoms with Crippen LogP contribution in [-0.2, 0) is 6.42 Å². The zero-order valence-electron chi connectivity index (χ0n) is 15.6. The van der Waals surface area contributed by atoms with Crippen LogP contribution in [0.1, 0.15) is 51.7 Å². The van der Waals surface area contributed by atoms with Gasteiger partial charge in [-0.3, -0.25) is 0 Å². The summed E-state index contributed by atoms with van der Waals surface area (Å²) in [7, 11) is 0. The van der Waals surface area contributed by atoms with Crippen LogP contribution in [0.15, 0.2) is 60.2 Å². The van der Waals surface area contributed by atoms with Gasteiger partial charge in [0.2, 0.25) is 0 Å². The van der Waals surface area contributed by atoms with Crippen molar-refractivity contribution in [3.8, 4) is 6.07 Å². The molecule has 1 aromatic rings. The Morgan fingerprint density at radius 2 is 2.04 bits per heavy atom. The lowest BCUT2D eigenvalue weighted by molar-refractivity contribution is 0.603. The molecule has 0 amide bonds. The van der Waals surface area contributed by atoms with Gasteiger partial charge in [-0.15, -0.1) is 0 Å². The zero-order valence-corrected chi connectivity index (χ0v) is 16.3. The van der Waals surface area contributed by atoms with Crippen LogP contribution in [0.4, 0.5) is 4.39 Å². The highest BCUT2D eigenvalue weighted by atomic mass is 35.5. The lowest BCUT2D eigenvalue weighted by atomic mass is 10.1. The average Bonchev–Trinajstić information content (AvgIpc) is 2.59. The molecule has 0 aliphatic carbocycles. The predicted octanol–water partition coefficient (Wildman–Crippen LogP) is 7.33. The molecule has 3 heteroatoms. The van der Waals surface area contributed by atoms with E-state index in [2.05, 4.69) is 25.7 Å². The van der Waals surface area contributed by atoms with Crippen LogP contribution in [0.2, 0.25) is 5.02 Å². The third-order valence-electron chi connectivity index (χ3n) is 3.53. The molecule has 0 saturated heterocycles. The predicted molar refractivity (Wildman–Crippen MR) is 107 cm³/mol. The molecule has 1 nitrogen and oxygen atoms in total. The fourth-order valence-electron chi connectivity index (χ4n) is 2.17. The van der Waals surface area contributed by atoms with E-state index in [-0.39, 0.29) is 11.4 Å². The number of benzene rings is 1. The van der Waals surface area contributed by atoms with Gasteiger partial charge in [-0.25, -0.2) is 4.39 Å². The smallest absolute Gasteiger partial charge is 0.129 e. The largest absolute Gasteiger partial charge is 0.207 e. The van der Waals surface area contributed by atoms with E-state index in [0.29, 0.717) is 17.0 Å². The zero-order chi connectivity index (χ0) is 19.2. The maximum atomic E-state index is 13.4. The van der Waals surface area contributed by atoms with Crippen LogP contribution in [-0.4, -0.2) is 0 Å². The van der Waals surface area contributed by atoms with Crippen LogP contribution in [0.5, 0.6) is 0 Å².